The molecule has 2 bridgehead atoms. The van der Waals surface area contributed by atoms with Crippen LogP contribution in [0.15, 0.2) is 65.6 Å². The molecule has 2 aromatic heterocycles. The number of hydrogen-bond donors (Lipinski definition) is 2. The second kappa shape index (κ2) is 8.61. The molecule has 2 atom stereocenters. The van der Waals surface area contributed by atoms with Crippen LogP contribution in [0.3, 0.4) is 0 Å². The number of hydrogen-bond acceptors (Lipinski definition) is 3. The Morgan fingerprint density at radius 3 is 2.67 bits per heavy atom. The molecule has 8 heteroatoms. The Kier molecular flexibility index (Phi) is 5.50. The summed E-state index contributed by atoms with van der Waals surface area (Å²) in [5.74, 6) is 0.142. The van der Waals surface area contributed by atoms with Crippen molar-refractivity contribution in [2.75, 3.05) is 18.4 Å². The van der Waals surface area contributed by atoms with E-state index in [-0.39, 0.29) is 29.3 Å². The second-order valence-electron chi connectivity index (χ2n) is 8.87. The van der Waals surface area contributed by atoms with Crippen molar-refractivity contribution >= 4 is 17.6 Å². The van der Waals surface area contributed by atoms with Gasteiger partial charge in [-0.1, -0.05) is 18.2 Å². The first kappa shape index (κ1) is 21.1. The van der Waals surface area contributed by atoms with E-state index in [9.17, 15) is 14.4 Å². The summed E-state index contributed by atoms with van der Waals surface area (Å²) in [6, 6.07) is 16.1. The normalized spacial score (nSPS) is 19.0. The van der Waals surface area contributed by atoms with Crippen LogP contribution in [-0.4, -0.2) is 39.1 Å². The van der Waals surface area contributed by atoms with Crippen molar-refractivity contribution in [1.29, 1.82) is 0 Å². The minimum Gasteiger partial charge on any atom is -0.353 e. The molecule has 1 aromatic carbocycles. The number of piperidine rings is 1. The van der Waals surface area contributed by atoms with Gasteiger partial charge in [0.25, 0.3) is 11.5 Å². The zero-order valence-electron chi connectivity index (χ0n) is 18.5. The number of anilines is 1. The highest BCUT2D eigenvalue weighted by atomic mass is 16.2. The van der Waals surface area contributed by atoms with Crippen LogP contribution in [0.25, 0.3) is 0 Å². The van der Waals surface area contributed by atoms with Crippen LogP contribution in [0.2, 0.25) is 0 Å². The summed E-state index contributed by atoms with van der Waals surface area (Å²) >= 11 is 0. The maximum atomic E-state index is 13.2. The van der Waals surface area contributed by atoms with Gasteiger partial charge in [0.1, 0.15) is 0 Å². The molecule has 33 heavy (non-hydrogen) atoms. The van der Waals surface area contributed by atoms with Gasteiger partial charge >= 0.3 is 6.03 Å². The zero-order chi connectivity index (χ0) is 22.9. The third-order valence-electron chi connectivity index (χ3n) is 6.66. The first-order valence-electron chi connectivity index (χ1n) is 11.2. The predicted molar refractivity (Wildman–Crippen MR) is 125 cm³/mol. The average molecular weight is 446 g/mol. The lowest BCUT2D eigenvalue weighted by molar-refractivity contribution is 0.0951. The summed E-state index contributed by atoms with van der Waals surface area (Å²) in [7, 11) is 1.93. The summed E-state index contributed by atoms with van der Waals surface area (Å²) in [6.07, 6.45) is 2.91. The SMILES string of the molecule is Cn1cccc1CNC(=O)c1ccccc1NC(=O)N1C[C@H]2C[C@@H](C1)c1cccc(=O)n1C2. The minimum atomic E-state index is -0.240. The first-order valence-corrected chi connectivity index (χ1v) is 11.2. The van der Waals surface area contributed by atoms with Crippen molar-refractivity contribution in [3.63, 3.8) is 0 Å². The van der Waals surface area contributed by atoms with Crippen molar-refractivity contribution in [3.05, 3.63) is 88.1 Å². The Bertz CT molecular complexity index is 1260. The topological polar surface area (TPSA) is 88.4 Å². The minimum absolute atomic E-state index is 0.0235. The monoisotopic (exact) mass is 445 g/mol. The standard InChI is InChI=1S/C25H27N5O3/c1-28-11-5-6-19(28)13-26-24(32)20-7-2-3-8-21(20)27-25(33)29-14-17-12-18(16-29)22-9-4-10-23(31)30(22)15-17/h2-11,17-18H,12-16H2,1H3,(H,26,32)(H,27,33)/t17-,18+/m1/s1. The van der Waals surface area contributed by atoms with E-state index in [0.717, 1.165) is 17.8 Å². The van der Waals surface area contributed by atoms with Crippen LogP contribution >= 0.6 is 0 Å². The molecule has 0 saturated carbocycles. The Morgan fingerprint density at radius 2 is 1.85 bits per heavy atom. The van der Waals surface area contributed by atoms with Crippen LogP contribution in [0.5, 0.6) is 0 Å². The number of urea groups is 1. The molecule has 1 saturated heterocycles. The maximum Gasteiger partial charge on any atom is 0.321 e. The summed E-state index contributed by atoms with van der Waals surface area (Å²) in [6.45, 7) is 2.17. The molecule has 3 aromatic rings. The van der Waals surface area contributed by atoms with Gasteiger partial charge in [-0.05, 0) is 42.7 Å². The average Bonchev–Trinajstić information content (AvgIpc) is 3.23. The molecule has 3 amide bonds. The molecule has 2 aliphatic heterocycles. The molecule has 5 rings (SSSR count). The van der Waals surface area contributed by atoms with Gasteiger partial charge in [-0.25, -0.2) is 4.79 Å². The van der Waals surface area contributed by atoms with E-state index < -0.39 is 0 Å². The highest BCUT2D eigenvalue weighted by molar-refractivity contribution is 6.03. The number of likely N-dealkylation sites (tertiary alicyclic amines) is 1. The third kappa shape index (κ3) is 4.16. The molecule has 0 aliphatic carbocycles. The molecule has 1 fully saturated rings. The van der Waals surface area contributed by atoms with Crippen molar-refractivity contribution in [1.82, 2.24) is 19.4 Å². The lowest BCUT2D eigenvalue weighted by atomic mass is 9.83. The highest BCUT2D eigenvalue weighted by Crippen LogP contribution is 2.35. The Balaban J connectivity index is 1.28. The second-order valence-corrected chi connectivity index (χ2v) is 8.87. The summed E-state index contributed by atoms with van der Waals surface area (Å²) in [5, 5.41) is 5.87. The number of rotatable bonds is 4. The van der Waals surface area contributed by atoms with E-state index in [1.165, 1.54) is 0 Å². The number of aryl methyl sites for hydroxylation is 1. The van der Waals surface area contributed by atoms with E-state index in [1.54, 1.807) is 41.3 Å². The smallest absolute Gasteiger partial charge is 0.321 e. The van der Waals surface area contributed by atoms with E-state index >= 15 is 0 Å². The number of benzene rings is 1. The van der Waals surface area contributed by atoms with Gasteiger partial charge in [0.15, 0.2) is 0 Å². The number of pyridine rings is 1. The van der Waals surface area contributed by atoms with E-state index in [2.05, 4.69) is 10.6 Å². The number of nitrogens with one attached hydrogen (secondary N) is 2. The van der Waals surface area contributed by atoms with Crippen molar-refractivity contribution in [2.24, 2.45) is 13.0 Å². The molecule has 170 valence electrons. The highest BCUT2D eigenvalue weighted by Gasteiger charge is 2.36. The summed E-state index contributed by atoms with van der Waals surface area (Å²) < 4.78 is 3.80. The molecule has 0 unspecified atom stereocenters. The quantitative estimate of drug-likeness (QED) is 0.647. The largest absolute Gasteiger partial charge is 0.353 e. The molecule has 4 heterocycles. The predicted octanol–water partition coefficient (Wildman–Crippen LogP) is 2.77. The Labute approximate surface area is 191 Å². The van der Waals surface area contributed by atoms with Crippen LogP contribution < -0.4 is 16.2 Å². The number of carbonyl (C=O) groups excluding carboxylic acids is 2. The molecule has 8 nitrogen and oxygen atoms in total. The lowest BCUT2D eigenvalue weighted by Gasteiger charge is -2.42. The fourth-order valence-corrected chi connectivity index (χ4v) is 4.99. The molecule has 2 aliphatic rings. The lowest BCUT2D eigenvalue weighted by Crippen LogP contribution is -2.50. The molecule has 0 spiro atoms. The van der Waals surface area contributed by atoms with Gasteiger partial charge in [0.2, 0.25) is 0 Å². The fraction of sp³-hybridized carbons (Fsp3) is 0.320. The van der Waals surface area contributed by atoms with Crippen LogP contribution in [0.1, 0.15) is 34.1 Å². The zero-order valence-corrected chi connectivity index (χ0v) is 18.5. The molecule has 0 radical (unpaired) electrons. The number of para-hydroxylation sites is 1. The summed E-state index contributed by atoms with van der Waals surface area (Å²) in [4.78, 5) is 40.0. The van der Waals surface area contributed by atoms with Gasteiger partial charge in [-0.3, -0.25) is 9.59 Å². The summed E-state index contributed by atoms with van der Waals surface area (Å²) in [5.41, 5.74) is 2.92. The first-order chi connectivity index (χ1) is 16.0. The molecular formula is C25H27N5O3. The van der Waals surface area contributed by atoms with Gasteiger partial charge in [-0.2, -0.15) is 0 Å². The van der Waals surface area contributed by atoms with E-state index in [4.69, 9.17) is 0 Å². The number of amides is 3. The molecular weight excluding hydrogens is 418 g/mol. The number of carbonyl (C=O) groups is 2. The van der Waals surface area contributed by atoms with Crippen LogP contribution in [0, 0.1) is 5.92 Å². The Hall–Kier alpha value is -3.81. The van der Waals surface area contributed by atoms with Crippen LogP contribution in [0.4, 0.5) is 10.5 Å². The molecule has 2 N–H and O–H groups in total. The Morgan fingerprint density at radius 1 is 1.00 bits per heavy atom. The van der Waals surface area contributed by atoms with Crippen molar-refractivity contribution in [3.8, 4) is 0 Å². The van der Waals surface area contributed by atoms with Gasteiger partial charge < -0.3 is 24.7 Å². The van der Waals surface area contributed by atoms with Crippen molar-refractivity contribution < 1.29 is 9.59 Å². The fourth-order valence-electron chi connectivity index (χ4n) is 4.99. The van der Waals surface area contributed by atoms with Gasteiger partial charge in [-0.15, -0.1) is 0 Å². The third-order valence-corrected chi connectivity index (χ3v) is 6.66. The maximum absolute atomic E-state index is 13.2. The van der Waals surface area contributed by atoms with E-state index in [1.807, 2.05) is 40.6 Å². The van der Waals surface area contributed by atoms with Gasteiger partial charge in [0, 0.05) is 56.3 Å². The number of nitrogens with zero attached hydrogens (tertiary/aromatic N) is 3. The van der Waals surface area contributed by atoms with E-state index in [0.29, 0.717) is 37.4 Å². The van der Waals surface area contributed by atoms with Crippen LogP contribution in [-0.2, 0) is 20.1 Å². The number of aromatic nitrogens is 2. The number of fused-ring (bicyclic) bond motifs is 4. The van der Waals surface area contributed by atoms with Crippen molar-refractivity contribution in [2.45, 2.75) is 25.4 Å². The van der Waals surface area contributed by atoms with Gasteiger partial charge in [0.05, 0.1) is 17.8 Å².